The van der Waals surface area contributed by atoms with Crippen molar-refractivity contribution >= 4 is 17.7 Å². The number of methoxy groups -OCH3 is 1. The lowest BCUT2D eigenvalue weighted by atomic mass is 9.33. The predicted octanol–water partition coefficient (Wildman–Crippen LogP) is 5.73. The maximum Gasteiger partial charge on any atom is 0.323 e. The minimum atomic E-state index is -0.699. The number of ether oxygens (including phenoxy) is 2. The van der Waals surface area contributed by atoms with Crippen molar-refractivity contribution in [2.75, 3.05) is 13.7 Å². The van der Waals surface area contributed by atoms with Crippen molar-refractivity contribution in [3.05, 3.63) is 11.6 Å². The van der Waals surface area contributed by atoms with Crippen molar-refractivity contribution in [1.82, 2.24) is 0 Å². The Bertz CT molecular complexity index is 1180. The van der Waals surface area contributed by atoms with Crippen molar-refractivity contribution < 1.29 is 23.9 Å². The summed E-state index contributed by atoms with van der Waals surface area (Å²) in [5.74, 6) is 0.129. The highest BCUT2D eigenvalue weighted by Crippen LogP contribution is 2.75. The second kappa shape index (κ2) is 10.2. The van der Waals surface area contributed by atoms with Crippen LogP contribution >= 0.6 is 0 Å². The Kier molecular flexibility index (Phi) is 7.66. The quantitative estimate of drug-likeness (QED) is 0.396. The van der Waals surface area contributed by atoms with Crippen molar-refractivity contribution in [3.63, 3.8) is 0 Å². The maximum atomic E-state index is 14.6. The molecule has 42 heavy (non-hydrogen) atoms. The number of hydrogen-bond donors (Lipinski definition) is 2. The van der Waals surface area contributed by atoms with E-state index in [1.165, 1.54) is 12.7 Å². The molecule has 7 nitrogen and oxygen atoms in total. The minimum Gasteiger partial charge on any atom is -0.469 e. The molecule has 0 aromatic carbocycles. The minimum absolute atomic E-state index is 0.0899. The van der Waals surface area contributed by atoms with Gasteiger partial charge in [0.15, 0.2) is 5.78 Å². The van der Waals surface area contributed by atoms with E-state index in [0.717, 1.165) is 57.8 Å². The number of esters is 2. The normalized spacial score (nSPS) is 46.6. The molecule has 0 aromatic rings. The van der Waals surface area contributed by atoms with Gasteiger partial charge in [0, 0.05) is 11.3 Å². The first-order chi connectivity index (χ1) is 19.4. The summed E-state index contributed by atoms with van der Waals surface area (Å²) in [4.78, 5) is 40.3. The largest absolute Gasteiger partial charge is 0.469 e. The number of rotatable bonds is 5. The lowest BCUT2D eigenvalue weighted by Gasteiger charge is -2.70. The zero-order valence-electron chi connectivity index (χ0n) is 27.4. The Morgan fingerprint density at radius 1 is 0.976 bits per heavy atom. The molecular formula is C35H56N2O5. The van der Waals surface area contributed by atoms with Crippen LogP contribution in [0.15, 0.2) is 11.6 Å². The lowest BCUT2D eigenvalue weighted by Crippen LogP contribution is -2.67. The van der Waals surface area contributed by atoms with Crippen LogP contribution in [0.5, 0.6) is 0 Å². The molecule has 0 heterocycles. The second-order valence-corrected chi connectivity index (χ2v) is 16.7. The summed E-state index contributed by atoms with van der Waals surface area (Å²) in [5.41, 5.74) is 11.8. The highest BCUT2D eigenvalue weighted by atomic mass is 16.5. The van der Waals surface area contributed by atoms with E-state index >= 15 is 0 Å². The topological polar surface area (TPSA) is 122 Å². The Labute approximate surface area is 253 Å². The highest BCUT2D eigenvalue weighted by Gasteiger charge is 2.70. The summed E-state index contributed by atoms with van der Waals surface area (Å²) in [5, 5.41) is 0. The molecule has 2 unspecified atom stereocenters. The molecule has 0 saturated heterocycles. The van der Waals surface area contributed by atoms with Gasteiger partial charge in [-0.3, -0.25) is 14.4 Å². The summed E-state index contributed by atoms with van der Waals surface area (Å²) in [6, 6.07) is -0.699. The SMILES string of the molecule is COC(=O)[C@@]1(C)CC[C@]2(C)CC[C@]3(C)C(=CC(=O)C4[C@@]5(C)CC[C@H](OC(=O)[C@@H](N)CCN)C(C)(C)C5CC[C@]43C)[C@@H]2C1. The standard InChI is InChI=1S/C35H56N2O5/c1-30(2)25-9-13-35(7)27(33(25,5)12-10-26(30)42-28(39)23(37)11-18-36)24(38)19-21-22-20-32(4,29(40)41-8)15-14-31(22,3)16-17-34(21,35)6/h19,22-23,25-27H,9-18,20,36-37H2,1-8H3/t22-,23-,25?,26-,27?,31+,32-,33-,34+,35+/m0/s1. The van der Waals surface area contributed by atoms with Crippen LogP contribution < -0.4 is 11.5 Å². The van der Waals surface area contributed by atoms with E-state index in [-0.39, 0.29) is 68.7 Å². The molecule has 0 amide bonds. The molecule has 4 N–H and O–H groups in total. The molecule has 0 aliphatic heterocycles. The third kappa shape index (κ3) is 4.29. The van der Waals surface area contributed by atoms with Crippen LogP contribution in [0.3, 0.4) is 0 Å². The molecule has 4 fully saturated rings. The molecule has 236 valence electrons. The molecule has 5 aliphatic carbocycles. The number of allylic oxidation sites excluding steroid dienone is 2. The van der Waals surface area contributed by atoms with Gasteiger partial charge in [0.1, 0.15) is 12.1 Å². The van der Waals surface area contributed by atoms with Crippen LogP contribution in [0.2, 0.25) is 0 Å². The van der Waals surface area contributed by atoms with Gasteiger partial charge in [0.05, 0.1) is 12.5 Å². The number of hydrogen-bond acceptors (Lipinski definition) is 7. The Morgan fingerprint density at radius 2 is 1.64 bits per heavy atom. The van der Waals surface area contributed by atoms with E-state index in [1.54, 1.807) is 0 Å². The molecule has 10 atom stereocenters. The molecule has 0 spiro atoms. The first-order valence-electron chi connectivity index (χ1n) is 16.4. The van der Waals surface area contributed by atoms with E-state index in [4.69, 9.17) is 20.9 Å². The molecule has 0 bridgehead atoms. The first-order valence-corrected chi connectivity index (χ1v) is 16.4. The van der Waals surface area contributed by atoms with Gasteiger partial charge in [0.25, 0.3) is 0 Å². The smallest absolute Gasteiger partial charge is 0.323 e. The van der Waals surface area contributed by atoms with Crippen LogP contribution in [-0.2, 0) is 23.9 Å². The summed E-state index contributed by atoms with van der Waals surface area (Å²) in [6.07, 6.45) is 10.5. The van der Waals surface area contributed by atoms with Gasteiger partial charge in [-0.2, -0.15) is 0 Å². The fourth-order valence-corrected chi connectivity index (χ4v) is 11.3. The fraction of sp³-hybridized carbons (Fsp3) is 0.857. The molecule has 0 aromatic heterocycles. The average Bonchev–Trinajstić information content (AvgIpc) is 2.92. The average molecular weight is 585 g/mol. The van der Waals surface area contributed by atoms with Crippen LogP contribution in [0.25, 0.3) is 0 Å². The van der Waals surface area contributed by atoms with Crippen LogP contribution in [-0.4, -0.2) is 43.5 Å². The Hall–Kier alpha value is -1.73. The van der Waals surface area contributed by atoms with Gasteiger partial charge in [-0.1, -0.05) is 47.1 Å². The van der Waals surface area contributed by atoms with Crippen LogP contribution in [0, 0.1) is 50.2 Å². The fourth-order valence-electron chi connectivity index (χ4n) is 11.3. The Morgan fingerprint density at radius 3 is 2.29 bits per heavy atom. The van der Waals surface area contributed by atoms with Gasteiger partial charge < -0.3 is 20.9 Å². The lowest BCUT2D eigenvalue weighted by molar-refractivity contribution is -0.211. The summed E-state index contributed by atoms with van der Waals surface area (Å²) in [6.45, 7) is 16.4. The predicted molar refractivity (Wildman–Crippen MR) is 163 cm³/mol. The van der Waals surface area contributed by atoms with Crippen molar-refractivity contribution in [2.24, 2.45) is 61.7 Å². The zero-order chi connectivity index (χ0) is 31.1. The second-order valence-electron chi connectivity index (χ2n) is 16.7. The van der Waals surface area contributed by atoms with E-state index in [0.29, 0.717) is 13.0 Å². The van der Waals surface area contributed by atoms with Gasteiger partial charge in [-0.15, -0.1) is 0 Å². The summed E-state index contributed by atoms with van der Waals surface area (Å²) < 4.78 is 11.3. The van der Waals surface area contributed by atoms with E-state index < -0.39 is 11.5 Å². The third-order valence-corrected chi connectivity index (χ3v) is 14.2. The number of fused-ring (bicyclic) bond motifs is 7. The number of nitrogens with two attached hydrogens (primary N) is 2. The number of ketones is 1. The van der Waals surface area contributed by atoms with Crippen molar-refractivity contribution in [3.8, 4) is 0 Å². The molecule has 5 aliphatic rings. The highest BCUT2D eigenvalue weighted by molar-refractivity contribution is 5.95. The monoisotopic (exact) mass is 584 g/mol. The number of carbonyl (C=O) groups is 3. The third-order valence-electron chi connectivity index (χ3n) is 14.2. The van der Waals surface area contributed by atoms with Gasteiger partial charge >= 0.3 is 11.9 Å². The van der Waals surface area contributed by atoms with Gasteiger partial charge in [0.2, 0.25) is 0 Å². The van der Waals surface area contributed by atoms with Crippen molar-refractivity contribution in [1.29, 1.82) is 0 Å². The zero-order valence-corrected chi connectivity index (χ0v) is 27.4. The summed E-state index contributed by atoms with van der Waals surface area (Å²) >= 11 is 0. The van der Waals surface area contributed by atoms with Crippen LogP contribution in [0.4, 0.5) is 0 Å². The van der Waals surface area contributed by atoms with E-state index in [1.807, 2.05) is 0 Å². The summed E-state index contributed by atoms with van der Waals surface area (Å²) in [7, 11) is 1.49. The maximum absolute atomic E-state index is 14.6. The molecule has 0 radical (unpaired) electrons. The van der Waals surface area contributed by atoms with E-state index in [2.05, 4.69) is 54.5 Å². The Balaban J connectivity index is 1.50. The molecule has 5 rings (SSSR count). The first kappa shape index (κ1) is 31.7. The van der Waals surface area contributed by atoms with E-state index in [9.17, 15) is 14.4 Å². The number of carbonyl (C=O) groups excluding carboxylic acids is 3. The van der Waals surface area contributed by atoms with Crippen LogP contribution in [0.1, 0.15) is 113 Å². The van der Waals surface area contributed by atoms with Gasteiger partial charge in [-0.25, -0.2) is 0 Å². The van der Waals surface area contributed by atoms with Crippen molar-refractivity contribution in [2.45, 2.75) is 125 Å². The molecule has 7 heteroatoms. The molecular weight excluding hydrogens is 528 g/mol. The molecule has 4 saturated carbocycles. The van der Waals surface area contributed by atoms with Gasteiger partial charge in [-0.05, 0) is 117 Å².